The van der Waals surface area contributed by atoms with E-state index < -0.39 is 0 Å². The number of nitrogens with two attached hydrogens (primary N) is 1. The Hall–Kier alpha value is -2.15. The van der Waals surface area contributed by atoms with Crippen molar-refractivity contribution >= 4 is 22.8 Å². The zero-order chi connectivity index (χ0) is 16.4. The van der Waals surface area contributed by atoms with Crippen LogP contribution in [0.15, 0.2) is 18.6 Å². The van der Waals surface area contributed by atoms with Gasteiger partial charge in [-0.1, -0.05) is 6.92 Å². The summed E-state index contributed by atoms with van der Waals surface area (Å²) in [5.41, 5.74) is 6.36. The molecule has 0 unspecified atom stereocenters. The second-order valence-electron chi connectivity index (χ2n) is 6.26. The third kappa shape index (κ3) is 3.01. The average Bonchev–Trinajstić information content (AvgIpc) is 3.03. The molecule has 3 heterocycles. The van der Waals surface area contributed by atoms with Gasteiger partial charge in [-0.25, -0.2) is 9.97 Å². The fraction of sp³-hybridized carbons (Fsp3) is 0.562. The van der Waals surface area contributed by atoms with Crippen LogP contribution in [0.5, 0.6) is 0 Å². The van der Waals surface area contributed by atoms with Crippen molar-refractivity contribution in [3.05, 3.63) is 18.6 Å². The van der Waals surface area contributed by atoms with Gasteiger partial charge in [0, 0.05) is 39.3 Å². The maximum Gasteiger partial charge on any atom is 0.223 e. The van der Waals surface area contributed by atoms with Crippen LogP contribution in [0.25, 0.3) is 11.0 Å². The van der Waals surface area contributed by atoms with Crippen molar-refractivity contribution in [3.8, 4) is 0 Å². The van der Waals surface area contributed by atoms with Gasteiger partial charge in [0.05, 0.1) is 11.4 Å². The molecule has 3 rings (SSSR count). The van der Waals surface area contributed by atoms with E-state index >= 15 is 0 Å². The number of nitrogens with zero attached hydrogens (tertiary/aromatic N) is 4. The van der Waals surface area contributed by atoms with Crippen LogP contribution in [0.4, 0.5) is 5.82 Å². The smallest absolute Gasteiger partial charge is 0.223 e. The molecule has 0 spiro atoms. The molecule has 0 saturated carbocycles. The Balaban J connectivity index is 1.83. The number of nitrogens with one attached hydrogen (secondary N) is 1. The first-order valence-electron chi connectivity index (χ1n) is 8.10. The second-order valence-corrected chi connectivity index (χ2v) is 6.26. The molecule has 3 N–H and O–H groups in total. The van der Waals surface area contributed by atoms with E-state index in [1.54, 1.807) is 6.33 Å². The molecule has 2 aromatic heterocycles. The number of fused-ring (bicyclic) bond motifs is 1. The molecule has 0 radical (unpaired) electrons. The molecular weight excluding hydrogens is 292 g/mol. The van der Waals surface area contributed by atoms with Crippen LogP contribution < -0.4 is 10.6 Å². The zero-order valence-electron chi connectivity index (χ0n) is 13.7. The Kier molecular flexibility index (Phi) is 4.47. The molecular formula is C16H24N6O. The molecule has 2 atom stereocenters. The summed E-state index contributed by atoms with van der Waals surface area (Å²) >= 11 is 0. The van der Waals surface area contributed by atoms with Crippen molar-refractivity contribution in [3.63, 3.8) is 0 Å². The fourth-order valence-electron chi connectivity index (χ4n) is 3.36. The van der Waals surface area contributed by atoms with E-state index in [2.05, 4.69) is 26.8 Å². The van der Waals surface area contributed by atoms with Crippen LogP contribution in [0.3, 0.4) is 0 Å². The van der Waals surface area contributed by atoms with Gasteiger partial charge < -0.3 is 20.5 Å². The van der Waals surface area contributed by atoms with Gasteiger partial charge in [-0.05, 0) is 18.4 Å². The maximum atomic E-state index is 12.2. The lowest BCUT2D eigenvalue weighted by atomic mass is 9.92. The third-order valence-corrected chi connectivity index (χ3v) is 4.79. The summed E-state index contributed by atoms with van der Waals surface area (Å²) in [5, 5.41) is 1.01. The summed E-state index contributed by atoms with van der Waals surface area (Å²) in [5.74, 6) is 1.54. The Bertz CT molecular complexity index is 684. The zero-order valence-corrected chi connectivity index (χ0v) is 13.7. The van der Waals surface area contributed by atoms with Gasteiger partial charge in [0.2, 0.25) is 5.91 Å². The lowest BCUT2D eigenvalue weighted by molar-refractivity contribution is -0.132. The first kappa shape index (κ1) is 15.7. The van der Waals surface area contributed by atoms with Crippen molar-refractivity contribution < 1.29 is 4.79 Å². The standard InChI is InChI=1S/C16H24N6O/c1-11-5-8-22(14(23)3-6-17)9-13(11)21(2)16-12-4-7-18-15(12)19-10-20-16/h4,7,10-11,13H,3,5-6,8-9,17H2,1-2H3,(H,18,19,20)/t11-,13+/m1/s1. The number of piperidine rings is 1. The van der Waals surface area contributed by atoms with Gasteiger partial charge in [-0.3, -0.25) is 4.79 Å². The van der Waals surface area contributed by atoms with Crippen molar-refractivity contribution in [2.45, 2.75) is 25.8 Å². The molecule has 1 fully saturated rings. The van der Waals surface area contributed by atoms with Gasteiger partial charge in [-0.15, -0.1) is 0 Å². The summed E-state index contributed by atoms with van der Waals surface area (Å²) < 4.78 is 0. The van der Waals surface area contributed by atoms with Gasteiger partial charge in [0.15, 0.2) is 0 Å². The number of likely N-dealkylation sites (tertiary alicyclic amines) is 1. The quantitative estimate of drug-likeness (QED) is 0.877. The summed E-state index contributed by atoms with van der Waals surface area (Å²) in [6.07, 6.45) is 4.86. The number of anilines is 1. The van der Waals surface area contributed by atoms with Crippen LogP contribution in [0, 0.1) is 5.92 Å². The minimum Gasteiger partial charge on any atom is -0.354 e. The van der Waals surface area contributed by atoms with Crippen LogP contribution in [-0.2, 0) is 4.79 Å². The highest BCUT2D eigenvalue weighted by atomic mass is 16.2. The van der Waals surface area contributed by atoms with Crippen LogP contribution in [-0.4, -0.2) is 58.5 Å². The predicted octanol–water partition coefficient (Wildman–Crippen LogP) is 0.980. The molecule has 7 heteroatoms. The number of amides is 1. The summed E-state index contributed by atoms with van der Waals surface area (Å²) in [6.45, 7) is 4.17. The highest BCUT2D eigenvalue weighted by Gasteiger charge is 2.32. The highest BCUT2D eigenvalue weighted by Crippen LogP contribution is 2.28. The summed E-state index contributed by atoms with van der Waals surface area (Å²) in [7, 11) is 2.05. The van der Waals surface area contributed by atoms with Crippen molar-refractivity contribution in [1.29, 1.82) is 0 Å². The van der Waals surface area contributed by atoms with E-state index in [0.717, 1.165) is 29.8 Å². The molecule has 23 heavy (non-hydrogen) atoms. The lowest BCUT2D eigenvalue weighted by Gasteiger charge is -2.42. The predicted molar refractivity (Wildman–Crippen MR) is 90.1 cm³/mol. The number of hydrogen-bond donors (Lipinski definition) is 2. The SMILES string of the molecule is C[C@@H]1CCN(C(=O)CCN)C[C@@H]1N(C)c1ncnc2[nH]ccc12. The van der Waals surface area contributed by atoms with E-state index in [-0.39, 0.29) is 11.9 Å². The van der Waals surface area contributed by atoms with Crippen molar-refractivity contribution in [1.82, 2.24) is 19.9 Å². The number of likely N-dealkylation sites (N-methyl/N-ethyl adjacent to an activating group) is 1. The molecule has 0 aliphatic carbocycles. The highest BCUT2D eigenvalue weighted by molar-refractivity contribution is 5.87. The normalized spacial score (nSPS) is 21.6. The van der Waals surface area contributed by atoms with E-state index in [9.17, 15) is 4.79 Å². The summed E-state index contributed by atoms with van der Waals surface area (Å²) in [6, 6.07) is 2.23. The number of carbonyl (C=O) groups is 1. The monoisotopic (exact) mass is 316 g/mol. The minimum absolute atomic E-state index is 0.146. The fourth-order valence-corrected chi connectivity index (χ4v) is 3.36. The number of carbonyl (C=O) groups excluding carboxylic acids is 1. The van der Waals surface area contributed by atoms with Gasteiger partial charge in [0.1, 0.15) is 17.8 Å². The molecule has 124 valence electrons. The summed E-state index contributed by atoms with van der Waals surface area (Å²) in [4.78, 5) is 28.1. The number of H-pyrrole nitrogens is 1. The van der Waals surface area contributed by atoms with Gasteiger partial charge in [0.25, 0.3) is 0 Å². The van der Waals surface area contributed by atoms with Crippen molar-refractivity contribution in [2.24, 2.45) is 11.7 Å². The van der Waals surface area contributed by atoms with Gasteiger partial charge >= 0.3 is 0 Å². The Morgan fingerprint density at radius 2 is 2.35 bits per heavy atom. The molecule has 1 amide bonds. The molecule has 2 aromatic rings. The van der Waals surface area contributed by atoms with E-state index in [1.165, 1.54) is 0 Å². The molecule has 1 aliphatic rings. The Labute approximate surface area is 135 Å². The second kappa shape index (κ2) is 6.54. The Morgan fingerprint density at radius 1 is 1.52 bits per heavy atom. The number of hydrogen-bond acceptors (Lipinski definition) is 5. The Morgan fingerprint density at radius 3 is 3.13 bits per heavy atom. The first-order valence-corrected chi connectivity index (χ1v) is 8.10. The van der Waals surface area contributed by atoms with E-state index in [4.69, 9.17) is 5.73 Å². The molecule has 1 aliphatic heterocycles. The maximum absolute atomic E-state index is 12.2. The molecule has 1 saturated heterocycles. The van der Waals surface area contributed by atoms with Crippen LogP contribution >= 0.6 is 0 Å². The molecule has 7 nitrogen and oxygen atoms in total. The van der Waals surface area contributed by atoms with Crippen molar-refractivity contribution in [2.75, 3.05) is 31.6 Å². The van der Waals surface area contributed by atoms with E-state index in [1.807, 2.05) is 24.2 Å². The molecule has 0 bridgehead atoms. The topological polar surface area (TPSA) is 91.1 Å². The lowest BCUT2D eigenvalue weighted by Crippen LogP contribution is -2.53. The van der Waals surface area contributed by atoms with Crippen LogP contribution in [0.1, 0.15) is 19.8 Å². The number of rotatable bonds is 4. The van der Waals surface area contributed by atoms with E-state index in [0.29, 0.717) is 25.4 Å². The largest absolute Gasteiger partial charge is 0.354 e. The number of aromatic amines is 1. The molecule has 0 aromatic carbocycles. The van der Waals surface area contributed by atoms with Gasteiger partial charge in [-0.2, -0.15) is 0 Å². The minimum atomic E-state index is 0.146. The average molecular weight is 316 g/mol. The first-order chi connectivity index (χ1) is 11.1. The third-order valence-electron chi connectivity index (χ3n) is 4.79. The number of aromatic nitrogens is 3. The van der Waals surface area contributed by atoms with Crippen LogP contribution in [0.2, 0.25) is 0 Å².